The first-order valence-corrected chi connectivity index (χ1v) is 9.24. The maximum absolute atomic E-state index is 11.4. The molecule has 4 nitrogen and oxygen atoms in total. The largest absolute Gasteiger partial charge is 0.312 e. The van der Waals surface area contributed by atoms with Crippen LogP contribution in [-0.4, -0.2) is 57.0 Å². The summed E-state index contributed by atoms with van der Waals surface area (Å²) in [5.41, 5.74) is 0.404. The zero-order valence-electron chi connectivity index (χ0n) is 12.5. The van der Waals surface area contributed by atoms with Gasteiger partial charge in [-0.2, -0.15) is 0 Å². The number of likely N-dealkylation sites (tertiary alicyclic amines) is 1. The molecule has 19 heavy (non-hydrogen) atoms. The van der Waals surface area contributed by atoms with Gasteiger partial charge in [-0.3, -0.25) is 0 Å². The van der Waals surface area contributed by atoms with Crippen LogP contribution < -0.4 is 5.32 Å². The van der Waals surface area contributed by atoms with Gasteiger partial charge in [-0.25, -0.2) is 8.42 Å². The highest BCUT2D eigenvalue weighted by molar-refractivity contribution is 7.91. The summed E-state index contributed by atoms with van der Waals surface area (Å²) in [6.07, 6.45) is 2.08. The monoisotopic (exact) mass is 288 g/mol. The predicted molar refractivity (Wildman–Crippen MR) is 79.1 cm³/mol. The molecule has 0 aromatic rings. The second-order valence-corrected chi connectivity index (χ2v) is 9.44. The minimum atomic E-state index is -2.75. The zero-order chi connectivity index (χ0) is 14.1. The molecule has 0 spiro atoms. The number of hydrogen-bond donors (Lipinski definition) is 1. The molecular formula is C14H28N2O2S. The molecular weight excluding hydrogens is 260 g/mol. The lowest BCUT2D eigenvalue weighted by molar-refractivity contribution is 0.228. The van der Waals surface area contributed by atoms with Crippen molar-refractivity contribution < 1.29 is 8.42 Å². The molecule has 2 rings (SSSR count). The Bertz CT molecular complexity index is 400. The van der Waals surface area contributed by atoms with Gasteiger partial charge in [-0.1, -0.05) is 20.8 Å². The van der Waals surface area contributed by atoms with Crippen LogP contribution in [0.2, 0.25) is 0 Å². The van der Waals surface area contributed by atoms with Crippen LogP contribution in [0.4, 0.5) is 0 Å². The van der Waals surface area contributed by atoms with Crippen molar-refractivity contribution in [2.75, 3.05) is 37.7 Å². The van der Waals surface area contributed by atoms with Gasteiger partial charge in [0.05, 0.1) is 11.5 Å². The molecule has 0 bridgehead atoms. The molecule has 0 radical (unpaired) electrons. The van der Waals surface area contributed by atoms with Crippen LogP contribution in [0.3, 0.4) is 0 Å². The summed E-state index contributed by atoms with van der Waals surface area (Å²) in [5, 5.41) is 3.40. The van der Waals surface area contributed by atoms with Crippen LogP contribution in [0.25, 0.3) is 0 Å². The Kier molecular flexibility index (Phi) is 4.58. The molecule has 2 atom stereocenters. The van der Waals surface area contributed by atoms with Crippen molar-refractivity contribution in [1.29, 1.82) is 0 Å². The normalized spacial score (nSPS) is 31.9. The van der Waals surface area contributed by atoms with Gasteiger partial charge >= 0.3 is 0 Å². The second kappa shape index (κ2) is 5.70. The average Bonchev–Trinajstić information content (AvgIpc) is 2.85. The van der Waals surface area contributed by atoms with Crippen molar-refractivity contribution in [1.82, 2.24) is 10.2 Å². The lowest BCUT2D eigenvalue weighted by Crippen LogP contribution is -2.37. The minimum absolute atomic E-state index is 0.186. The van der Waals surface area contributed by atoms with E-state index in [2.05, 4.69) is 31.0 Å². The molecule has 0 aromatic heterocycles. The Morgan fingerprint density at radius 3 is 2.53 bits per heavy atom. The molecule has 5 heteroatoms. The summed E-state index contributed by atoms with van der Waals surface area (Å²) in [6, 6.07) is 0.186. The summed E-state index contributed by atoms with van der Waals surface area (Å²) < 4.78 is 22.7. The maximum Gasteiger partial charge on any atom is 0.151 e. The van der Waals surface area contributed by atoms with E-state index < -0.39 is 9.84 Å². The van der Waals surface area contributed by atoms with E-state index in [1.807, 2.05) is 0 Å². The van der Waals surface area contributed by atoms with E-state index >= 15 is 0 Å². The molecule has 0 saturated carbocycles. The average molecular weight is 288 g/mol. The van der Waals surface area contributed by atoms with Crippen molar-refractivity contribution >= 4 is 9.84 Å². The van der Waals surface area contributed by atoms with Gasteiger partial charge in [0.25, 0.3) is 0 Å². The van der Waals surface area contributed by atoms with Crippen LogP contribution in [0.5, 0.6) is 0 Å². The van der Waals surface area contributed by atoms with Crippen molar-refractivity contribution in [2.45, 2.75) is 39.7 Å². The van der Waals surface area contributed by atoms with Crippen LogP contribution in [0, 0.1) is 11.3 Å². The number of nitrogens with one attached hydrogen (secondary N) is 1. The quantitative estimate of drug-likeness (QED) is 0.842. The first-order chi connectivity index (χ1) is 8.76. The highest BCUT2D eigenvalue weighted by Gasteiger charge is 2.32. The third-order valence-corrected chi connectivity index (χ3v) is 6.36. The fourth-order valence-electron chi connectivity index (χ4n) is 3.13. The summed E-state index contributed by atoms with van der Waals surface area (Å²) in [4.78, 5) is 2.51. The summed E-state index contributed by atoms with van der Waals surface area (Å²) in [7, 11) is -2.75. The van der Waals surface area contributed by atoms with Crippen molar-refractivity contribution in [2.24, 2.45) is 11.3 Å². The lowest BCUT2D eigenvalue weighted by Gasteiger charge is -2.27. The third kappa shape index (κ3) is 4.43. The van der Waals surface area contributed by atoms with Crippen LogP contribution in [0.1, 0.15) is 33.6 Å². The summed E-state index contributed by atoms with van der Waals surface area (Å²) in [6.45, 7) is 11.3. The predicted octanol–water partition coefficient (Wildman–Crippen LogP) is 1.13. The molecule has 2 fully saturated rings. The second-order valence-electron chi connectivity index (χ2n) is 7.21. The van der Waals surface area contributed by atoms with Gasteiger partial charge < -0.3 is 10.2 Å². The van der Waals surface area contributed by atoms with Crippen LogP contribution in [0.15, 0.2) is 0 Å². The van der Waals surface area contributed by atoms with E-state index in [0.717, 1.165) is 25.4 Å². The topological polar surface area (TPSA) is 49.4 Å². The smallest absolute Gasteiger partial charge is 0.151 e. The third-order valence-electron chi connectivity index (χ3n) is 4.59. The molecule has 2 saturated heterocycles. The van der Waals surface area contributed by atoms with Crippen molar-refractivity contribution in [3.63, 3.8) is 0 Å². The Hall–Kier alpha value is -0.130. The van der Waals surface area contributed by atoms with Gasteiger partial charge in [-0.15, -0.1) is 0 Å². The number of nitrogens with zero attached hydrogens (tertiary/aromatic N) is 1. The summed E-state index contributed by atoms with van der Waals surface area (Å²) in [5.74, 6) is 1.48. The lowest BCUT2D eigenvalue weighted by atomic mass is 9.80. The Balaban J connectivity index is 1.65. The van der Waals surface area contributed by atoms with Crippen molar-refractivity contribution in [3.05, 3.63) is 0 Å². The van der Waals surface area contributed by atoms with Gasteiger partial charge in [0.2, 0.25) is 0 Å². The SMILES string of the molecule is CC(C)(C)C1CCN(CCNC2CCS(=O)(=O)C2)C1. The van der Waals surface area contributed by atoms with Crippen molar-refractivity contribution in [3.8, 4) is 0 Å². The first-order valence-electron chi connectivity index (χ1n) is 7.42. The highest BCUT2D eigenvalue weighted by atomic mass is 32.2. The molecule has 2 heterocycles. The Morgan fingerprint density at radius 2 is 2.00 bits per heavy atom. The maximum atomic E-state index is 11.4. The fraction of sp³-hybridized carbons (Fsp3) is 1.00. The zero-order valence-corrected chi connectivity index (χ0v) is 13.3. The molecule has 2 aliphatic heterocycles. The molecule has 0 amide bonds. The van der Waals surface area contributed by atoms with Gasteiger partial charge in [0.1, 0.15) is 0 Å². The molecule has 1 N–H and O–H groups in total. The highest BCUT2D eigenvalue weighted by Crippen LogP contribution is 2.33. The Labute approximate surface area is 117 Å². The van der Waals surface area contributed by atoms with E-state index in [1.54, 1.807) is 0 Å². The number of sulfone groups is 1. The number of rotatable bonds is 4. The van der Waals surface area contributed by atoms with E-state index in [4.69, 9.17) is 0 Å². The number of hydrogen-bond acceptors (Lipinski definition) is 4. The minimum Gasteiger partial charge on any atom is -0.312 e. The fourth-order valence-corrected chi connectivity index (χ4v) is 4.83. The standard InChI is InChI=1S/C14H28N2O2S/c1-14(2,3)12-4-7-16(10-12)8-6-15-13-5-9-19(17,18)11-13/h12-13,15H,4-11H2,1-3H3. The molecule has 112 valence electrons. The van der Waals surface area contributed by atoms with E-state index in [-0.39, 0.29) is 6.04 Å². The van der Waals surface area contributed by atoms with E-state index in [1.165, 1.54) is 19.5 Å². The van der Waals surface area contributed by atoms with E-state index in [9.17, 15) is 8.42 Å². The van der Waals surface area contributed by atoms with Crippen LogP contribution >= 0.6 is 0 Å². The van der Waals surface area contributed by atoms with Gasteiger partial charge in [0, 0.05) is 25.7 Å². The molecule has 2 aliphatic rings. The van der Waals surface area contributed by atoms with Gasteiger partial charge in [-0.05, 0) is 30.7 Å². The molecule has 2 unspecified atom stereocenters. The van der Waals surface area contributed by atoms with Crippen LogP contribution in [-0.2, 0) is 9.84 Å². The Morgan fingerprint density at radius 1 is 1.26 bits per heavy atom. The summed E-state index contributed by atoms with van der Waals surface area (Å²) >= 11 is 0. The molecule has 0 aromatic carbocycles. The van der Waals surface area contributed by atoms with Gasteiger partial charge in [0.15, 0.2) is 9.84 Å². The van der Waals surface area contributed by atoms with E-state index in [0.29, 0.717) is 16.9 Å². The first kappa shape index (κ1) is 15.3. The molecule has 0 aliphatic carbocycles.